The monoisotopic (exact) mass is 334 g/mol. The van der Waals surface area contributed by atoms with Crippen LogP contribution in [0.25, 0.3) is 0 Å². The van der Waals surface area contributed by atoms with Crippen molar-refractivity contribution in [2.24, 2.45) is 5.92 Å². The van der Waals surface area contributed by atoms with Crippen LogP contribution in [0.3, 0.4) is 0 Å². The molecule has 8 heteroatoms. The van der Waals surface area contributed by atoms with Crippen LogP contribution in [0.15, 0.2) is 0 Å². The topological polar surface area (TPSA) is 40.5 Å². The van der Waals surface area contributed by atoms with Gasteiger partial charge in [-0.25, -0.2) is 0 Å². The molecule has 1 atom stereocenters. The van der Waals surface area contributed by atoms with Gasteiger partial charge in [0.25, 0.3) is 0 Å². The van der Waals surface area contributed by atoms with Crippen LogP contribution >= 0.6 is 0 Å². The van der Waals surface area contributed by atoms with Gasteiger partial charge in [0.1, 0.15) is 0 Å². The number of alkyl halides is 6. The van der Waals surface area contributed by atoms with Gasteiger partial charge in [-0.15, -0.1) is 0 Å². The fraction of sp³-hybridized carbons (Fsp3) is 0.857. The lowest BCUT2D eigenvalue weighted by Gasteiger charge is -2.27. The number of halogens is 6. The predicted octanol–water partition coefficient (Wildman–Crippen LogP) is 3.81. The average Bonchev–Trinajstić information content (AvgIpc) is 2.23. The standard InChI is InChI=1S/C14H20F6O2/c1-10(6-4-8-11(2,3)21)7-5-9-12(22,13(15,16)17)14(18,19)20/h10,21-22H,4,6-8H2,1-3H3. The molecule has 0 saturated carbocycles. The van der Waals surface area contributed by atoms with Crippen LogP contribution in [0.1, 0.15) is 46.5 Å². The number of hydrogen-bond donors (Lipinski definition) is 2. The van der Waals surface area contributed by atoms with Crippen LogP contribution in [0.4, 0.5) is 26.3 Å². The maximum Gasteiger partial charge on any atom is 0.438 e. The Labute approximate surface area is 125 Å². The number of hydrogen-bond acceptors (Lipinski definition) is 2. The Balaban J connectivity index is 4.72. The molecular weight excluding hydrogens is 314 g/mol. The van der Waals surface area contributed by atoms with Gasteiger partial charge < -0.3 is 10.2 Å². The molecular formula is C14H20F6O2. The highest BCUT2D eigenvalue weighted by molar-refractivity contribution is 5.20. The second-order valence-electron chi connectivity index (χ2n) is 6.02. The second-order valence-corrected chi connectivity index (χ2v) is 6.02. The van der Waals surface area contributed by atoms with Gasteiger partial charge in [0.15, 0.2) is 0 Å². The molecule has 1 unspecified atom stereocenters. The van der Waals surface area contributed by atoms with E-state index in [1.54, 1.807) is 26.7 Å². The van der Waals surface area contributed by atoms with Crippen molar-refractivity contribution in [1.82, 2.24) is 0 Å². The molecule has 130 valence electrons. The van der Waals surface area contributed by atoms with E-state index in [1.165, 1.54) is 0 Å². The molecule has 0 aromatic carbocycles. The summed E-state index contributed by atoms with van der Waals surface area (Å²) < 4.78 is 74.1. The van der Waals surface area contributed by atoms with Crippen molar-refractivity contribution in [2.75, 3.05) is 0 Å². The van der Waals surface area contributed by atoms with Crippen molar-refractivity contribution in [1.29, 1.82) is 0 Å². The minimum Gasteiger partial charge on any atom is -0.390 e. The van der Waals surface area contributed by atoms with Gasteiger partial charge in [0.2, 0.25) is 0 Å². The maximum absolute atomic E-state index is 12.4. The average molecular weight is 334 g/mol. The zero-order chi connectivity index (χ0) is 17.8. The summed E-state index contributed by atoms with van der Waals surface area (Å²) in [6.07, 6.45) is -10.5. The van der Waals surface area contributed by atoms with Gasteiger partial charge in [-0.3, -0.25) is 0 Å². The Bertz CT molecular complexity index is 394. The SMILES string of the molecule is CC(CC#CC(O)(C(F)(F)F)C(F)(F)F)CCCC(C)(C)O. The van der Waals surface area contributed by atoms with E-state index in [2.05, 4.69) is 0 Å². The van der Waals surface area contributed by atoms with Gasteiger partial charge >= 0.3 is 18.0 Å². The molecule has 0 aliphatic rings. The lowest BCUT2D eigenvalue weighted by Crippen LogP contribution is -2.55. The largest absolute Gasteiger partial charge is 0.438 e. The lowest BCUT2D eigenvalue weighted by atomic mass is 9.95. The number of rotatable bonds is 5. The lowest BCUT2D eigenvalue weighted by molar-refractivity contribution is -0.343. The first-order valence-corrected chi connectivity index (χ1v) is 6.68. The van der Waals surface area contributed by atoms with Crippen LogP contribution in [0, 0.1) is 17.8 Å². The molecule has 2 N–H and O–H groups in total. The zero-order valence-electron chi connectivity index (χ0n) is 12.6. The molecule has 0 bridgehead atoms. The summed E-state index contributed by atoms with van der Waals surface area (Å²) in [7, 11) is 0. The van der Waals surface area contributed by atoms with Gasteiger partial charge in [-0.1, -0.05) is 19.3 Å². The molecule has 0 radical (unpaired) electrons. The molecule has 0 aromatic rings. The third kappa shape index (κ3) is 6.44. The van der Waals surface area contributed by atoms with Gasteiger partial charge in [-0.05, 0) is 38.5 Å². The Kier molecular flexibility index (Phi) is 6.79. The molecule has 0 amide bonds. The first-order chi connectivity index (χ1) is 9.60. The summed E-state index contributed by atoms with van der Waals surface area (Å²) >= 11 is 0. The molecule has 2 nitrogen and oxygen atoms in total. The van der Waals surface area contributed by atoms with E-state index in [0.717, 1.165) is 5.92 Å². The molecule has 0 spiro atoms. The summed E-state index contributed by atoms with van der Waals surface area (Å²) in [5.41, 5.74) is -5.88. The third-order valence-electron chi connectivity index (χ3n) is 3.03. The Morgan fingerprint density at radius 2 is 1.41 bits per heavy atom. The quantitative estimate of drug-likeness (QED) is 0.593. The van der Waals surface area contributed by atoms with Crippen LogP contribution in [-0.4, -0.2) is 33.8 Å². The molecule has 0 fully saturated rings. The Morgan fingerprint density at radius 1 is 0.955 bits per heavy atom. The van der Waals surface area contributed by atoms with Crippen molar-refractivity contribution in [3.63, 3.8) is 0 Å². The van der Waals surface area contributed by atoms with Crippen molar-refractivity contribution >= 4 is 0 Å². The summed E-state index contributed by atoms with van der Waals surface area (Å²) in [5.74, 6) is 2.45. The number of aliphatic hydroxyl groups is 2. The van der Waals surface area contributed by atoms with E-state index in [9.17, 15) is 31.4 Å². The highest BCUT2D eigenvalue weighted by Gasteiger charge is 2.70. The van der Waals surface area contributed by atoms with Gasteiger partial charge in [0.05, 0.1) is 5.60 Å². The molecule has 0 aliphatic carbocycles. The summed E-state index contributed by atoms with van der Waals surface area (Å²) in [6, 6.07) is 0. The van der Waals surface area contributed by atoms with E-state index in [-0.39, 0.29) is 12.3 Å². The smallest absolute Gasteiger partial charge is 0.390 e. The highest BCUT2D eigenvalue weighted by atomic mass is 19.4. The van der Waals surface area contributed by atoms with Crippen LogP contribution in [0.2, 0.25) is 0 Å². The molecule has 22 heavy (non-hydrogen) atoms. The first kappa shape index (κ1) is 21.1. The molecule has 0 saturated heterocycles. The maximum atomic E-state index is 12.4. The van der Waals surface area contributed by atoms with E-state index < -0.39 is 23.6 Å². The Morgan fingerprint density at radius 3 is 1.77 bits per heavy atom. The van der Waals surface area contributed by atoms with Crippen molar-refractivity contribution < 1.29 is 36.6 Å². The predicted molar refractivity (Wildman–Crippen MR) is 68.8 cm³/mol. The Hall–Kier alpha value is -0.940. The van der Waals surface area contributed by atoms with Crippen LogP contribution in [0.5, 0.6) is 0 Å². The van der Waals surface area contributed by atoms with Crippen LogP contribution in [-0.2, 0) is 0 Å². The van der Waals surface area contributed by atoms with Crippen LogP contribution < -0.4 is 0 Å². The minimum atomic E-state index is -5.91. The van der Waals surface area contributed by atoms with Crippen molar-refractivity contribution in [3.05, 3.63) is 0 Å². The van der Waals surface area contributed by atoms with E-state index in [4.69, 9.17) is 5.11 Å². The molecule has 0 heterocycles. The fourth-order valence-electron chi connectivity index (χ4n) is 1.64. The van der Waals surface area contributed by atoms with Crippen molar-refractivity contribution in [2.45, 2.75) is 70.0 Å². The summed E-state index contributed by atoms with van der Waals surface area (Å²) in [6.45, 7) is 4.83. The van der Waals surface area contributed by atoms with E-state index >= 15 is 0 Å². The van der Waals surface area contributed by atoms with Gasteiger partial charge in [0, 0.05) is 6.42 Å². The van der Waals surface area contributed by atoms with Crippen molar-refractivity contribution in [3.8, 4) is 11.8 Å². The van der Waals surface area contributed by atoms with E-state index in [0.29, 0.717) is 19.3 Å². The highest BCUT2D eigenvalue weighted by Crippen LogP contribution is 2.42. The molecule has 0 aromatic heterocycles. The normalized spacial score (nSPS) is 15.2. The molecule has 0 aliphatic heterocycles. The second kappa shape index (κ2) is 7.09. The molecule has 0 rings (SSSR count). The minimum absolute atomic E-state index is 0.208. The zero-order valence-corrected chi connectivity index (χ0v) is 12.6. The first-order valence-electron chi connectivity index (χ1n) is 6.68. The van der Waals surface area contributed by atoms with E-state index in [1.807, 2.05) is 0 Å². The van der Waals surface area contributed by atoms with Gasteiger partial charge in [-0.2, -0.15) is 26.3 Å². The third-order valence-corrected chi connectivity index (χ3v) is 3.03. The summed E-state index contributed by atoms with van der Waals surface area (Å²) in [5, 5.41) is 18.3. The summed E-state index contributed by atoms with van der Waals surface area (Å²) in [4.78, 5) is 0. The fourth-order valence-corrected chi connectivity index (χ4v) is 1.64.